The largest absolute Gasteiger partial charge is 0.392 e. The minimum Gasteiger partial charge on any atom is -0.392 e. The van der Waals surface area contributed by atoms with Gasteiger partial charge in [0.05, 0.1) is 20.4 Å². The number of hydrogen-bond acceptors (Lipinski definition) is 3. The van der Waals surface area contributed by atoms with E-state index in [1.807, 2.05) is 13.8 Å². The molecule has 0 saturated carbocycles. The highest BCUT2D eigenvalue weighted by Crippen LogP contribution is 2.20. The number of carbonyl (C=O) groups excluding carboxylic acids is 1. The maximum Gasteiger partial charge on any atom is 0.252 e. The molecule has 0 bridgehead atoms. The molecule has 1 amide bonds. The Kier molecular flexibility index (Phi) is 4.89. The van der Waals surface area contributed by atoms with Crippen molar-refractivity contribution in [2.24, 2.45) is 11.7 Å². The molecule has 1 aromatic heterocycles. The van der Waals surface area contributed by atoms with Gasteiger partial charge in [-0.05, 0) is 27.9 Å². The summed E-state index contributed by atoms with van der Waals surface area (Å²) in [6, 6.07) is 1.51. The number of nitrogens with one attached hydrogen (secondary N) is 1. The lowest BCUT2D eigenvalue weighted by Crippen LogP contribution is -2.46. The first kappa shape index (κ1) is 13.6. The number of halogens is 1. The molecule has 0 spiro atoms. The first-order valence-electron chi connectivity index (χ1n) is 4.76. The van der Waals surface area contributed by atoms with Gasteiger partial charge in [-0.25, -0.2) is 0 Å². The molecule has 6 heteroatoms. The fourth-order valence-electron chi connectivity index (χ4n) is 1.22. The Labute approximate surface area is 113 Å². The van der Waals surface area contributed by atoms with Crippen molar-refractivity contribution >= 4 is 50.4 Å². The van der Waals surface area contributed by atoms with Crippen molar-refractivity contribution in [3.05, 3.63) is 20.8 Å². The fraction of sp³-hybridized carbons (Fsp3) is 0.400. The molecule has 3 N–H and O–H groups in total. The van der Waals surface area contributed by atoms with Crippen molar-refractivity contribution in [2.45, 2.75) is 19.9 Å². The van der Waals surface area contributed by atoms with E-state index in [-0.39, 0.29) is 17.9 Å². The number of nitrogens with two attached hydrogens (primary N) is 1. The Morgan fingerprint density at radius 2 is 2.25 bits per heavy atom. The normalized spacial score (nSPS) is 12.5. The summed E-state index contributed by atoms with van der Waals surface area (Å²) in [7, 11) is 0. The van der Waals surface area contributed by atoms with Crippen molar-refractivity contribution in [1.82, 2.24) is 5.32 Å². The van der Waals surface area contributed by atoms with Crippen molar-refractivity contribution in [3.63, 3.8) is 0 Å². The first-order valence-corrected chi connectivity index (χ1v) is 6.84. The number of hydrogen-bond donors (Lipinski definition) is 2. The van der Waals surface area contributed by atoms with Crippen molar-refractivity contribution in [2.75, 3.05) is 0 Å². The maximum absolute atomic E-state index is 11.8. The summed E-state index contributed by atoms with van der Waals surface area (Å²) in [5, 5.41) is 4.61. The van der Waals surface area contributed by atoms with Crippen LogP contribution in [0.5, 0.6) is 0 Å². The van der Waals surface area contributed by atoms with E-state index >= 15 is 0 Å². The zero-order chi connectivity index (χ0) is 12.3. The van der Waals surface area contributed by atoms with Crippen LogP contribution in [-0.4, -0.2) is 16.9 Å². The molecule has 1 aromatic rings. The minimum absolute atomic E-state index is 0.145. The van der Waals surface area contributed by atoms with Gasteiger partial charge in [-0.2, -0.15) is 0 Å². The maximum atomic E-state index is 11.8. The number of carbonyl (C=O) groups is 1. The Bertz CT molecular complexity index is 403. The molecule has 1 unspecified atom stereocenters. The molecule has 1 heterocycles. The average Bonchev–Trinajstić information content (AvgIpc) is 2.59. The van der Waals surface area contributed by atoms with E-state index < -0.39 is 0 Å². The summed E-state index contributed by atoms with van der Waals surface area (Å²) in [5.41, 5.74) is 6.20. The number of thiophene rings is 1. The second kappa shape index (κ2) is 5.75. The van der Waals surface area contributed by atoms with Gasteiger partial charge in [-0.3, -0.25) is 4.79 Å². The average molecular weight is 321 g/mol. The topological polar surface area (TPSA) is 55.1 Å². The summed E-state index contributed by atoms with van der Waals surface area (Å²) < 4.78 is 0.925. The van der Waals surface area contributed by atoms with Crippen LogP contribution >= 0.6 is 39.5 Å². The number of amides is 1. The van der Waals surface area contributed by atoms with E-state index in [0.717, 1.165) is 3.79 Å². The molecule has 16 heavy (non-hydrogen) atoms. The minimum atomic E-state index is -0.263. The van der Waals surface area contributed by atoms with Crippen LogP contribution in [0.4, 0.5) is 0 Å². The lowest BCUT2D eigenvalue weighted by Gasteiger charge is -2.20. The lowest BCUT2D eigenvalue weighted by molar-refractivity contribution is 0.0940. The van der Waals surface area contributed by atoms with Gasteiger partial charge in [-0.1, -0.05) is 26.1 Å². The highest BCUT2D eigenvalue weighted by atomic mass is 79.9. The lowest BCUT2D eigenvalue weighted by atomic mass is 10.0. The highest BCUT2D eigenvalue weighted by molar-refractivity contribution is 9.11. The first-order chi connectivity index (χ1) is 7.41. The predicted molar refractivity (Wildman–Crippen MR) is 74.9 cm³/mol. The van der Waals surface area contributed by atoms with Crippen LogP contribution in [0.1, 0.15) is 24.2 Å². The molecule has 1 atom stereocenters. The number of rotatable bonds is 4. The summed E-state index contributed by atoms with van der Waals surface area (Å²) in [5.74, 6) is 0.0389. The summed E-state index contributed by atoms with van der Waals surface area (Å²) >= 11 is 9.70. The monoisotopic (exact) mass is 320 g/mol. The Morgan fingerprint density at radius 3 is 2.62 bits per heavy atom. The smallest absolute Gasteiger partial charge is 0.252 e. The van der Waals surface area contributed by atoms with Gasteiger partial charge >= 0.3 is 0 Å². The van der Waals surface area contributed by atoms with Crippen molar-refractivity contribution in [3.8, 4) is 0 Å². The Balaban J connectivity index is 2.73. The highest BCUT2D eigenvalue weighted by Gasteiger charge is 2.19. The second-order valence-electron chi connectivity index (χ2n) is 3.74. The Morgan fingerprint density at radius 1 is 1.62 bits per heavy atom. The third kappa shape index (κ3) is 3.54. The van der Waals surface area contributed by atoms with Gasteiger partial charge in [0.2, 0.25) is 0 Å². The Hall–Kier alpha value is -0.460. The van der Waals surface area contributed by atoms with Crippen LogP contribution in [-0.2, 0) is 0 Å². The predicted octanol–water partition coefficient (Wildman–Crippen LogP) is 2.55. The van der Waals surface area contributed by atoms with E-state index in [0.29, 0.717) is 10.6 Å². The molecule has 0 aromatic carbocycles. The van der Waals surface area contributed by atoms with E-state index in [9.17, 15) is 4.79 Å². The van der Waals surface area contributed by atoms with E-state index in [1.165, 1.54) is 11.3 Å². The number of thiocarbonyl (C=S) groups is 1. The second-order valence-corrected chi connectivity index (χ2v) is 6.50. The molecule has 0 fully saturated rings. The van der Waals surface area contributed by atoms with Crippen LogP contribution in [0, 0.1) is 5.92 Å². The molecule has 0 saturated heterocycles. The third-order valence-corrected chi connectivity index (χ3v) is 3.85. The van der Waals surface area contributed by atoms with E-state index in [2.05, 4.69) is 21.2 Å². The van der Waals surface area contributed by atoms with Gasteiger partial charge < -0.3 is 11.1 Å². The third-order valence-electron chi connectivity index (χ3n) is 2.09. The van der Waals surface area contributed by atoms with Gasteiger partial charge in [0.25, 0.3) is 5.91 Å². The molecular formula is C10H13BrN2OS2. The quantitative estimate of drug-likeness (QED) is 0.838. The van der Waals surface area contributed by atoms with Crippen LogP contribution < -0.4 is 11.1 Å². The SMILES string of the molecule is CC(C)C(NC(=O)c1csc(Br)c1)C(N)=S. The molecule has 0 aliphatic heterocycles. The van der Waals surface area contributed by atoms with Crippen molar-refractivity contribution in [1.29, 1.82) is 0 Å². The van der Waals surface area contributed by atoms with Gasteiger partial charge in [0, 0.05) is 5.38 Å². The standard InChI is InChI=1S/C10H13BrN2OS2/c1-5(2)8(9(12)15)13-10(14)6-3-7(11)16-4-6/h3-5,8H,1-2H3,(H2,12,15)(H,13,14). The molecule has 0 radical (unpaired) electrons. The molecule has 0 aliphatic carbocycles. The molecule has 3 nitrogen and oxygen atoms in total. The summed E-state index contributed by atoms with van der Waals surface area (Å²) in [4.78, 5) is 12.2. The molecule has 88 valence electrons. The van der Waals surface area contributed by atoms with E-state index in [1.54, 1.807) is 11.4 Å². The van der Waals surface area contributed by atoms with Crippen LogP contribution in [0.15, 0.2) is 15.2 Å². The van der Waals surface area contributed by atoms with Gasteiger partial charge in [0.1, 0.15) is 0 Å². The summed E-state index contributed by atoms with van der Waals surface area (Å²) in [6.07, 6.45) is 0. The molecular weight excluding hydrogens is 308 g/mol. The fourth-order valence-corrected chi connectivity index (χ4v) is 2.69. The van der Waals surface area contributed by atoms with Gasteiger partial charge in [-0.15, -0.1) is 11.3 Å². The zero-order valence-corrected chi connectivity index (χ0v) is 12.2. The van der Waals surface area contributed by atoms with Gasteiger partial charge in [0.15, 0.2) is 0 Å². The molecule has 0 aliphatic rings. The van der Waals surface area contributed by atoms with Crippen LogP contribution in [0.2, 0.25) is 0 Å². The molecule has 1 rings (SSSR count). The summed E-state index contributed by atoms with van der Waals surface area (Å²) in [6.45, 7) is 3.93. The van der Waals surface area contributed by atoms with Crippen molar-refractivity contribution < 1.29 is 4.79 Å². The van der Waals surface area contributed by atoms with Crippen LogP contribution in [0.25, 0.3) is 0 Å². The van der Waals surface area contributed by atoms with E-state index in [4.69, 9.17) is 18.0 Å². The van der Waals surface area contributed by atoms with Crippen LogP contribution in [0.3, 0.4) is 0 Å². The zero-order valence-electron chi connectivity index (χ0n) is 8.99.